The summed E-state index contributed by atoms with van der Waals surface area (Å²) in [6.45, 7) is 3.18. The Kier molecular flexibility index (Phi) is 3.37. The van der Waals surface area contributed by atoms with E-state index in [1.807, 2.05) is 18.2 Å². The van der Waals surface area contributed by atoms with E-state index in [-0.39, 0.29) is 5.97 Å². The molecule has 22 heavy (non-hydrogen) atoms. The fourth-order valence-corrected chi connectivity index (χ4v) is 3.57. The van der Waals surface area contributed by atoms with Gasteiger partial charge in [-0.05, 0) is 31.0 Å². The molecule has 2 aliphatic rings. The summed E-state index contributed by atoms with van der Waals surface area (Å²) in [6.07, 6.45) is 5.07. The van der Waals surface area contributed by atoms with Crippen LogP contribution in [0.15, 0.2) is 18.2 Å². The van der Waals surface area contributed by atoms with Gasteiger partial charge in [0, 0.05) is 32.1 Å². The summed E-state index contributed by atoms with van der Waals surface area (Å²) in [5.74, 6) is 0.833. The first-order chi connectivity index (χ1) is 10.8. The van der Waals surface area contributed by atoms with Crippen molar-refractivity contribution in [2.75, 3.05) is 20.2 Å². The molecule has 5 heteroatoms. The van der Waals surface area contributed by atoms with Gasteiger partial charge in [0.15, 0.2) is 0 Å². The lowest BCUT2D eigenvalue weighted by Crippen LogP contribution is -2.41. The third kappa shape index (κ3) is 2.20. The Balaban J connectivity index is 1.63. The maximum atomic E-state index is 11.6. The number of carbonyl (C=O) groups excluding carboxylic acids is 1. The van der Waals surface area contributed by atoms with Crippen molar-refractivity contribution in [3.8, 4) is 0 Å². The van der Waals surface area contributed by atoms with Gasteiger partial charge >= 0.3 is 5.97 Å². The monoisotopic (exact) mass is 299 g/mol. The fourth-order valence-electron chi connectivity index (χ4n) is 3.57. The van der Waals surface area contributed by atoms with Crippen LogP contribution in [0, 0.1) is 0 Å². The number of rotatable bonds is 2. The summed E-state index contributed by atoms with van der Waals surface area (Å²) in [4.78, 5) is 19.0. The van der Waals surface area contributed by atoms with E-state index in [4.69, 9.17) is 9.72 Å². The summed E-state index contributed by atoms with van der Waals surface area (Å²) >= 11 is 0. The van der Waals surface area contributed by atoms with Gasteiger partial charge in [-0.3, -0.25) is 4.90 Å². The van der Waals surface area contributed by atoms with Crippen molar-refractivity contribution in [1.82, 2.24) is 14.5 Å². The minimum atomic E-state index is -0.304. The predicted octanol–water partition coefficient (Wildman–Crippen LogP) is 2.23. The molecule has 0 unspecified atom stereocenters. The van der Waals surface area contributed by atoms with Crippen LogP contribution in [0.4, 0.5) is 0 Å². The first-order valence-corrected chi connectivity index (χ1v) is 8.08. The fraction of sp³-hybridized carbons (Fsp3) is 0.529. The SMILES string of the molecule is COC(=O)c1ccc2c(c1)nc1n2CCN(C2CCC2)CC1. The van der Waals surface area contributed by atoms with E-state index in [0.29, 0.717) is 5.56 Å². The van der Waals surface area contributed by atoms with Crippen LogP contribution in [-0.2, 0) is 17.7 Å². The maximum Gasteiger partial charge on any atom is 0.337 e. The van der Waals surface area contributed by atoms with E-state index in [2.05, 4.69) is 9.47 Å². The standard InChI is InChI=1S/C17H21N3O2/c1-22-17(21)12-5-6-15-14(11-12)18-16-7-8-19(9-10-20(15)16)13-3-2-4-13/h5-6,11,13H,2-4,7-10H2,1H3. The topological polar surface area (TPSA) is 47.4 Å². The molecule has 1 fully saturated rings. The predicted molar refractivity (Wildman–Crippen MR) is 84.0 cm³/mol. The molecule has 116 valence electrons. The molecule has 0 N–H and O–H groups in total. The van der Waals surface area contributed by atoms with Crippen LogP contribution in [0.1, 0.15) is 35.4 Å². The normalized spacial score (nSPS) is 19.5. The van der Waals surface area contributed by atoms with Crippen molar-refractivity contribution < 1.29 is 9.53 Å². The van der Waals surface area contributed by atoms with Gasteiger partial charge in [-0.25, -0.2) is 9.78 Å². The minimum Gasteiger partial charge on any atom is -0.465 e. The summed E-state index contributed by atoms with van der Waals surface area (Å²) in [5.41, 5.74) is 2.59. The lowest BCUT2D eigenvalue weighted by atomic mass is 9.91. The molecule has 2 aromatic rings. The minimum absolute atomic E-state index is 0.304. The molecule has 0 saturated heterocycles. The number of methoxy groups -OCH3 is 1. The molecule has 1 aliphatic carbocycles. The summed E-state index contributed by atoms with van der Waals surface area (Å²) in [7, 11) is 1.41. The molecular weight excluding hydrogens is 278 g/mol. The largest absolute Gasteiger partial charge is 0.465 e. The second kappa shape index (κ2) is 5.39. The number of benzene rings is 1. The first kappa shape index (κ1) is 13.8. The van der Waals surface area contributed by atoms with Crippen molar-refractivity contribution in [1.29, 1.82) is 0 Å². The van der Waals surface area contributed by atoms with Crippen LogP contribution >= 0.6 is 0 Å². The molecule has 0 radical (unpaired) electrons. The van der Waals surface area contributed by atoms with E-state index >= 15 is 0 Å². The highest BCUT2D eigenvalue weighted by Gasteiger charge is 2.27. The Morgan fingerprint density at radius 3 is 2.86 bits per heavy atom. The molecule has 0 amide bonds. The van der Waals surface area contributed by atoms with Crippen LogP contribution in [-0.4, -0.2) is 46.7 Å². The molecular formula is C17H21N3O2. The number of hydrogen-bond acceptors (Lipinski definition) is 4. The molecule has 4 rings (SSSR count). The molecule has 5 nitrogen and oxygen atoms in total. The number of nitrogens with zero attached hydrogens (tertiary/aromatic N) is 3. The van der Waals surface area contributed by atoms with Gasteiger partial charge in [0.05, 0.1) is 23.7 Å². The van der Waals surface area contributed by atoms with Crippen LogP contribution in [0.3, 0.4) is 0 Å². The van der Waals surface area contributed by atoms with Gasteiger partial charge in [-0.1, -0.05) is 6.42 Å². The Bertz CT molecular complexity index is 718. The maximum absolute atomic E-state index is 11.6. The second-order valence-corrected chi connectivity index (χ2v) is 6.25. The number of hydrogen-bond donors (Lipinski definition) is 0. The van der Waals surface area contributed by atoms with Gasteiger partial charge in [0.1, 0.15) is 5.82 Å². The molecule has 0 bridgehead atoms. The average molecular weight is 299 g/mol. The number of fused-ring (bicyclic) bond motifs is 3. The number of imidazole rings is 1. The highest BCUT2D eigenvalue weighted by Crippen LogP contribution is 2.27. The number of ether oxygens (including phenoxy) is 1. The quantitative estimate of drug-likeness (QED) is 0.798. The van der Waals surface area contributed by atoms with Gasteiger partial charge in [0.2, 0.25) is 0 Å². The highest BCUT2D eigenvalue weighted by molar-refractivity contribution is 5.93. The van der Waals surface area contributed by atoms with E-state index in [1.54, 1.807) is 0 Å². The third-order valence-corrected chi connectivity index (χ3v) is 5.07. The van der Waals surface area contributed by atoms with Crippen molar-refractivity contribution in [3.05, 3.63) is 29.6 Å². The number of esters is 1. The average Bonchev–Trinajstić information content (AvgIpc) is 2.71. The summed E-state index contributed by atoms with van der Waals surface area (Å²) in [5, 5.41) is 0. The van der Waals surface area contributed by atoms with Crippen molar-refractivity contribution >= 4 is 17.0 Å². The zero-order chi connectivity index (χ0) is 15.1. The molecule has 2 heterocycles. The third-order valence-electron chi connectivity index (χ3n) is 5.07. The van der Waals surface area contributed by atoms with Gasteiger partial charge < -0.3 is 9.30 Å². The van der Waals surface area contributed by atoms with Crippen LogP contribution in [0.5, 0.6) is 0 Å². The van der Waals surface area contributed by atoms with Crippen molar-refractivity contribution in [2.24, 2.45) is 0 Å². The Labute approximate surface area is 129 Å². The van der Waals surface area contributed by atoms with Gasteiger partial charge in [-0.15, -0.1) is 0 Å². The lowest BCUT2D eigenvalue weighted by Gasteiger charge is -2.36. The van der Waals surface area contributed by atoms with E-state index < -0.39 is 0 Å². The van der Waals surface area contributed by atoms with Crippen molar-refractivity contribution in [3.63, 3.8) is 0 Å². The second-order valence-electron chi connectivity index (χ2n) is 6.25. The lowest BCUT2D eigenvalue weighted by molar-refractivity contribution is 0.0601. The van der Waals surface area contributed by atoms with Crippen LogP contribution < -0.4 is 0 Å². The van der Waals surface area contributed by atoms with Crippen LogP contribution in [0.25, 0.3) is 11.0 Å². The van der Waals surface area contributed by atoms with Crippen LogP contribution in [0.2, 0.25) is 0 Å². The molecule has 1 saturated carbocycles. The summed E-state index contributed by atoms with van der Waals surface area (Å²) in [6, 6.07) is 6.46. The number of aromatic nitrogens is 2. The van der Waals surface area contributed by atoms with Gasteiger partial charge in [0.25, 0.3) is 0 Å². The molecule has 1 aromatic heterocycles. The Morgan fingerprint density at radius 1 is 1.27 bits per heavy atom. The zero-order valence-electron chi connectivity index (χ0n) is 12.9. The van der Waals surface area contributed by atoms with E-state index in [0.717, 1.165) is 49.0 Å². The highest BCUT2D eigenvalue weighted by atomic mass is 16.5. The van der Waals surface area contributed by atoms with E-state index in [1.165, 1.54) is 26.4 Å². The first-order valence-electron chi connectivity index (χ1n) is 8.08. The number of carbonyl (C=O) groups is 1. The molecule has 0 atom stereocenters. The van der Waals surface area contributed by atoms with Gasteiger partial charge in [-0.2, -0.15) is 0 Å². The Hall–Kier alpha value is -1.88. The molecule has 0 spiro atoms. The van der Waals surface area contributed by atoms with Crippen molar-refractivity contribution in [2.45, 2.75) is 38.3 Å². The smallest absolute Gasteiger partial charge is 0.337 e. The van der Waals surface area contributed by atoms with E-state index in [9.17, 15) is 4.79 Å². The summed E-state index contributed by atoms with van der Waals surface area (Å²) < 4.78 is 7.10. The molecule has 1 aromatic carbocycles. The molecule has 1 aliphatic heterocycles. The Morgan fingerprint density at radius 2 is 2.14 bits per heavy atom. The zero-order valence-corrected chi connectivity index (χ0v) is 12.9.